The van der Waals surface area contributed by atoms with Crippen LogP contribution in [0.3, 0.4) is 0 Å². The first-order valence-corrected chi connectivity index (χ1v) is 14.3. The number of carbonyl (C=O) groups excluding carboxylic acids is 2. The molecule has 3 aromatic rings. The van der Waals surface area contributed by atoms with Crippen LogP contribution < -0.4 is 21.3 Å². The topological polar surface area (TPSA) is 97.9 Å². The van der Waals surface area contributed by atoms with Gasteiger partial charge >= 0.3 is 6.03 Å². The van der Waals surface area contributed by atoms with Gasteiger partial charge in [-0.25, -0.2) is 9.79 Å². The number of aryl methyl sites for hydroxylation is 2. The van der Waals surface area contributed by atoms with Crippen LogP contribution in [0.4, 0.5) is 21.9 Å². The first-order valence-electron chi connectivity index (χ1n) is 13.9. The number of fused-ring (bicyclic) bond motifs is 4. The maximum Gasteiger partial charge on any atom is 0.319 e. The summed E-state index contributed by atoms with van der Waals surface area (Å²) in [7, 11) is 0. The van der Waals surface area contributed by atoms with Crippen molar-refractivity contribution in [2.75, 3.05) is 29.0 Å². The zero-order chi connectivity index (χ0) is 28.8. The third-order valence-corrected chi connectivity index (χ3v) is 7.63. The fraction of sp³-hybridized carbons (Fsp3) is 0.281. The summed E-state index contributed by atoms with van der Waals surface area (Å²) in [6, 6.07) is 22.9. The van der Waals surface area contributed by atoms with Crippen molar-refractivity contribution >= 4 is 46.4 Å². The SMILES string of the molecule is C/C=C(Cl)\C1=N/C(C)Nc2cccc(c2)CCc2cc(ccc2NC(=O)NC2CCN(C(=O)c3ccccc3)C2)N1. The van der Waals surface area contributed by atoms with E-state index in [1.807, 2.05) is 74.5 Å². The number of hydrogen-bond acceptors (Lipinski definition) is 5. The van der Waals surface area contributed by atoms with E-state index in [0.717, 1.165) is 35.5 Å². The van der Waals surface area contributed by atoms with Crippen molar-refractivity contribution in [3.8, 4) is 0 Å². The number of allylic oxidation sites excluding steroid dienone is 1. The molecular formula is C32H35ClN6O2. The van der Waals surface area contributed by atoms with Crippen molar-refractivity contribution in [2.45, 2.75) is 45.3 Å². The first-order chi connectivity index (χ1) is 19.9. The van der Waals surface area contributed by atoms with Gasteiger partial charge < -0.3 is 26.2 Å². The Morgan fingerprint density at radius 1 is 1.02 bits per heavy atom. The summed E-state index contributed by atoms with van der Waals surface area (Å²) in [5.41, 5.74) is 5.37. The summed E-state index contributed by atoms with van der Waals surface area (Å²) < 4.78 is 0. The molecule has 0 radical (unpaired) electrons. The van der Waals surface area contributed by atoms with Gasteiger partial charge in [0.2, 0.25) is 0 Å². The van der Waals surface area contributed by atoms with Crippen molar-refractivity contribution in [1.82, 2.24) is 10.2 Å². The Labute approximate surface area is 245 Å². The van der Waals surface area contributed by atoms with Crippen LogP contribution in [0.5, 0.6) is 0 Å². The number of aliphatic imine (C=N–C) groups is 1. The molecule has 1 fully saturated rings. The first kappa shape index (κ1) is 28.2. The molecule has 212 valence electrons. The van der Waals surface area contributed by atoms with E-state index < -0.39 is 0 Å². The third kappa shape index (κ3) is 7.27. The molecule has 8 nitrogen and oxygen atoms in total. The van der Waals surface area contributed by atoms with Crippen LogP contribution in [0.1, 0.15) is 41.8 Å². The summed E-state index contributed by atoms with van der Waals surface area (Å²) >= 11 is 6.51. The molecule has 9 heteroatoms. The zero-order valence-corrected chi connectivity index (χ0v) is 24.0. The van der Waals surface area contributed by atoms with E-state index in [9.17, 15) is 9.59 Å². The number of carbonyl (C=O) groups is 2. The van der Waals surface area contributed by atoms with Crippen LogP contribution in [0.25, 0.3) is 0 Å². The standard InChI is InChI=1S/C32H35ClN6O2/c1-3-28(33)30-35-21(2)34-25-11-7-8-22(18-25)12-13-24-19-26(36-30)14-15-29(24)38-32(41)37-27-16-17-39(20-27)31(40)23-9-5-4-6-10-23/h3-11,14-15,18-19,21,27,34H,12-13,16-17,20H2,1-2H3,(H,35,36)(H2,37,38,41)/b28-3+. The van der Waals surface area contributed by atoms with E-state index in [1.54, 1.807) is 11.0 Å². The van der Waals surface area contributed by atoms with E-state index in [0.29, 0.717) is 35.9 Å². The maximum atomic E-state index is 13.1. The highest BCUT2D eigenvalue weighted by Gasteiger charge is 2.28. The van der Waals surface area contributed by atoms with Crippen molar-refractivity contribution in [2.24, 2.45) is 4.99 Å². The average Bonchev–Trinajstić information content (AvgIpc) is 3.44. The summed E-state index contributed by atoms with van der Waals surface area (Å²) in [6.45, 7) is 4.93. The number of benzene rings is 3. The molecule has 5 rings (SSSR count). The summed E-state index contributed by atoms with van der Waals surface area (Å²) in [4.78, 5) is 32.4. The number of nitrogens with one attached hydrogen (secondary N) is 4. The number of rotatable bonds is 4. The molecule has 1 saturated heterocycles. The van der Waals surface area contributed by atoms with Gasteiger partial charge in [0.15, 0.2) is 0 Å². The zero-order valence-electron chi connectivity index (χ0n) is 23.3. The van der Waals surface area contributed by atoms with Gasteiger partial charge in [-0.2, -0.15) is 0 Å². The fourth-order valence-corrected chi connectivity index (χ4v) is 5.26. The molecule has 0 saturated carbocycles. The van der Waals surface area contributed by atoms with Crippen molar-refractivity contribution in [3.63, 3.8) is 0 Å². The molecule has 3 amide bonds. The molecule has 2 aliphatic rings. The Morgan fingerprint density at radius 2 is 1.85 bits per heavy atom. The second-order valence-corrected chi connectivity index (χ2v) is 10.7. The number of hydrogen-bond donors (Lipinski definition) is 4. The molecule has 41 heavy (non-hydrogen) atoms. The molecule has 4 N–H and O–H groups in total. The van der Waals surface area contributed by atoms with E-state index in [2.05, 4.69) is 33.4 Å². The lowest BCUT2D eigenvalue weighted by molar-refractivity contribution is 0.0789. The van der Waals surface area contributed by atoms with Crippen LogP contribution in [0.2, 0.25) is 0 Å². The number of likely N-dealkylation sites (tertiary alicyclic amines) is 1. The Bertz CT molecular complexity index is 1470. The minimum atomic E-state index is -0.289. The van der Waals surface area contributed by atoms with Gasteiger partial charge in [0.25, 0.3) is 5.91 Å². The number of urea groups is 1. The highest BCUT2D eigenvalue weighted by atomic mass is 35.5. The minimum absolute atomic E-state index is 0.0146. The second-order valence-electron chi connectivity index (χ2n) is 10.3. The average molecular weight is 571 g/mol. The molecule has 4 bridgehead atoms. The van der Waals surface area contributed by atoms with E-state index in [4.69, 9.17) is 16.6 Å². The molecule has 2 atom stereocenters. The van der Waals surface area contributed by atoms with Crippen molar-refractivity contribution in [1.29, 1.82) is 0 Å². The molecule has 2 aliphatic heterocycles. The fourth-order valence-electron chi connectivity index (χ4n) is 5.16. The minimum Gasteiger partial charge on any atom is -0.364 e. The number of amidine groups is 1. The smallest absolute Gasteiger partial charge is 0.319 e. The van der Waals surface area contributed by atoms with Gasteiger partial charge in [-0.1, -0.05) is 48.0 Å². The number of halogens is 1. The predicted octanol–water partition coefficient (Wildman–Crippen LogP) is 6.23. The molecule has 2 heterocycles. The van der Waals surface area contributed by atoms with Crippen LogP contribution in [-0.2, 0) is 12.8 Å². The highest BCUT2D eigenvalue weighted by Crippen LogP contribution is 2.25. The van der Waals surface area contributed by atoms with Crippen molar-refractivity contribution < 1.29 is 9.59 Å². The number of nitrogens with zero attached hydrogens (tertiary/aromatic N) is 2. The monoisotopic (exact) mass is 570 g/mol. The van der Waals surface area contributed by atoms with Crippen LogP contribution in [-0.4, -0.2) is 48.0 Å². The summed E-state index contributed by atoms with van der Waals surface area (Å²) in [5.74, 6) is 0.545. The summed E-state index contributed by atoms with van der Waals surface area (Å²) in [5, 5.41) is 13.4. The van der Waals surface area contributed by atoms with Crippen LogP contribution >= 0.6 is 11.6 Å². The van der Waals surface area contributed by atoms with Gasteiger partial charge in [0.1, 0.15) is 12.0 Å². The Hall–Kier alpha value is -4.30. The van der Waals surface area contributed by atoms with E-state index >= 15 is 0 Å². The Kier molecular flexibility index (Phi) is 8.89. The molecule has 2 unspecified atom stereocenters. The third-order valence-electron chi connectivity index (χ3n) is 7.24. The van der Waals surface area contributed by atoms with E-state index in [-0.39, 0.29) is 24.1 Å². The predicted molar refractivity (Wildman–Crippen MR) is 167 cm³/mol. The molecule has 3 aromatic carbocycles. The normalized spacial score (nSPS) is 20.2. The Morgan fingerprint density at radius 3 is 2.66 bits per heavy atom. The Balaban J connectivity index is 1.31. The number of amides is 3. The molecule has 0 aromatic heterocycles. The maximum absolute atomic E-state index is 13.1. The lowest BCUT2D eigenvalue weighted by atomic mass is 10.0. The van der Waals surface area contributed by atoms with Gasteiger partial charge in [0, 0.05) is 41.8 Å². The summed E-state index contributed by atoms with van der Waals surface area (Å²) in [6.07, 6.45) is 3.82. The van der Waals surface area contributed by atoms with Crippen LogP contribution in [0, 0.1) is 0 Å². The second kappa shape index (κ2) is 12.9. The quantitative estimate of drug-likeness (QED) is 0.299. The lowest BCUT2D eigenvalue weighted by Crippen LogP contribution is -2.40. The largest absolute Gasteiger partial charge is 0.364 e. The lowest BCUT2D eigenvalue weighted by Gasteiger charge is -2.19. The van der Waals surface area contributed by atoms with E-state index in [1.165, 1.54) is 5.56 Å². The highest BCUT2D eigenvalue weighted by molar-refractivity contribution is 6.45. The molecule has 0 spiro atoms. The van der Waals surface area contributed by atoms with Crippen molar-refractivity contribution in [3.05, 3.63) is 101 Å². The molecule has 0 aliphatic carbocycles. The van der Waals surface area contributed by atoms with Gasteiger partial charge in [-0.05, 0) is 86.7 Å². The molecular weight excluding hydrogens is 536 g/mol. The van der Waals surface area contributed by atoms with Gasteiger partial charge in [-0.3, -0.25) is 4.79 Å². The van der Waals surface area contributed by atoms with Gasteiger partial charge in [-0.15, -0.1) is 0 Å². The van der Waals surface area contributed by atoms with Gasteiger partial charge in [0.05, 0.1) is 5.03 Å². The van der Waals surface area contributed by atoms with Crippen LogP contribution in [0.15, 0.2) is 88.9 Å². The number of anilines is 3.